The molecule has 1 aliphatic rings. The molecule has 1 saturated heterocycles. The molecule has 2 N–H and O–H groups in total. The van der Waals surface area contributed by atoms with Crippen LogP contribution in [-0.2, 0) is 4.79 Å². The highest BCUT2D eigenvalue weighted by atomic mass is 19.2. The van der Waals surface area contributed by atoms with Gasteiger partial charge in [-0.3, -0.25) is 4.79 Å². The minimum atomic E-state index is -0.890. The van der Waals surface area contributed by atoms with Crippen LogP contribution in [0.1, 0.15) is 31.4 Å². The maximum Gasteiger partial charge on any atom is 0.220 e. The highest BCUT2D eigenvalue weighted by Crippen LogP contribution is 2.17. The van der Waals surface area contributed by atoms with E-state index < -0.39 is 11.6 Å². The van der Waals surface area contributed by atoms with Gasteiger partial charge in [-0.05, 0) is 50.0 Å². The fraction of sp³-hybridized carbons (Fsp3) is 0.500. The van der Waals surface area contributed by atoms with E-state index in [4.69, 9.17) is 0 Å². The first-order chi connectivity index (χ1) is 9.06. The van der Waals surface area contributed by atoms with Gasteiger partial charge in [0.25, 0.3) is 0 Å². The molecule has 2 rings (SSSR count). The van der Waals surface area contributed by atoms with Crippen LogP contribution < -0.4 is 10.6 Å². The highest BCUT2D eigenvalue weighted by molar-refractivity contribution is 5.76. The van der Waals surface area contributed by atoms with Gasteiger partial charge in [-0.1, -0.05) is 6.07 Å². The summed E-state index contributed by atoms with van der Waals surface area (Å²) in [5, 5.41) is 6.02. The molecule has 2 unspecified atom stereocenters. The van der Waals surface area contributed by atoms with Crippen molar-refractivity contribution in [3.63, 3.8) is 0 Å². The number of benzene rings is 1. The molecule has 1 amide bonds. The predicted molar refractivity (Wildman–Crippen MR) is 68.5 cm³/mol. The molecular weight excluding hydrogens is 250 g/mol. The van der Waals surface area contributed by atoms with E-state index in [0.29, 0.717) is 17.9 Å². The molecule has 3 nitrogen and oxygen atoms in total. The van der Waals surface area contributed by atoms with Gasteiger partial charge in [0.2, 0.25) is 5.91 Å². The summed E-state index contributed by atoms with van der Waals surface area (Å²) in [6, 6.07) is 3.36. The molecule has 1 aromatic carbocycles. The molecule has 0 aromatic heterocycles. The zero-order valence-corrected chi connectivity index (χ0v) is 10.9. The minimum absolute atomic E-state index is 0.0501. The van der Waals surface area contributed by atoms with Crippen LogP contribution in [0, 0.1) is 17.6 Å². The molecule has 0 bridgehead atoms. The first-order valence-corrected chi connectivity index (χ1v) is 6.51. The molecule has 19 heavy (non-hydrogen) atoms. The van der Waals surface area contributed by atoms with E-state index in [2.05, 4.69) is 10.6 Å². The lowest BCUT2D eigenvalue weighted by Crippen LogP contribution is -2.29. The van der Waals surface area contributed by atoms with Gasteiger partial charge < -0.3 is 10.6 Å². The third-order valence-corrected chi connectivity index (χ3v) is 3.46. The lowest BCUT2D eigenvalue weighted by Gasteiger charge is -2.16. The van der Waals surface area contributed by atoms with Crippen LogP contribution >= 0.6 is 0 Å². The molecule has 2 atom stereocenters. The fourth-order valence-electron chi connectivity index (χ4n) is 2.32. The van der Waals surface area contributed by atoms with E-state index in [1.165, 1.54) is 6.07 Å². The number of carbonyl (C=O) groups is 1. The van der Waals surface area contributed by atoms with E-state index in [0.717, 1.165) is 31.6 Å². The van der Waals surface area contributed by atoms with Gasteiger partial charge in [0.1, 0.15) is 0 Å². The van der Waals surface area contributed by atoms with Crippen molar-refractivity contribution < 1.29 is 13.6 Å². The monoisotopic (exact) mass is 268 g/mol. The van der Waals surface area contributed by atoms with E-state index in [1.54, 1.807) is 6.92 Å². The second-order valence-corrected chi connectivity index (χ2v) is 5.03. The van der Waals surface area contributed by atoms with Crippen molar-refractivity contribution in [3.05, 3.63) is 35.4 Å². The summed E-state index contributed by atoms with van der Waals surface area (Å²) in [6.07, 6.45) is 1.48. The Morgan fingerprint density at radius 3 is 2.89 bits per heavy atom. The van der Waals surface area contributed by atoms with Crippen LogP contribution in [0.5, 0.6) is 0 Å². The maximum absolute atomic E-state index is 13.1. The summed E-state index contributed by atoms with van der Waals surface area (Å²) in [6.45, 7) is 3.58. The molecule has 0 radical (unpaired) electrons. The number of halogens is 2. The summed E-state index contributed by atoms with van der Waals surface area (Å²) in [4.78, 5) is 11.8. The third kappa shape index (κ3) is 3.73. The summed E-state index contributed by atoms with van der Waals surface area (Å²) < 4.78 is 25.9. The quantitative estimate of drug-likeness (QED) is 0.878. The van der Waals surface area contributed by atoms with Gasteiger partial charge in [-0.15, -0.1) is 0 Å². The number of hydrogen-bond acceptors (Lipinski definition) is 2. The van der Waals surface area contributed by atoms with E-state index >= 15 is 0 Å². The zero-order chi connectivity index (χ0) is 13.8. The maximum atomic E-state index is 13.1. The van der Waals surface area contributed by atoms with Crippen LogP contribution in [-0.4, -0.2) is 19.0 Å². The lowest BCUT2D eigenvalue weighted by atomic mass is 10.0. The Kier molecular flexibility index (Phi) is 4.47. The lowest BCUT2D eigenvalue weighted by molar-refractivity contribution is -0.122. The molecule has 1 fully saturated rings. The fourth-order valence-corrected chi connectivity index (χ4v) is 2.32. The van der Waals surface area contributed by atoms with Crippen molar-refractivity contribution in [2.45, 2.75) is 25.8 Å². The Labute approximate surface area is 111 Å². The second kappa shape index (κ2) is 6.10. The Hall–Kier alpha value is -1.49. The summed E-state index contributed by atoms with van der Waals surface area (Å²) >= 11 is 0. The number of carbonyl (C=O) groups excluding carboxylic acids is 1. The molecule has 0 spiro atoms. The Morgan fingerprint density at radius 1 is 1.47 bits per heavy atom. The number of hydrogen-bond donors (Lipinski definition) is 2. The van der Waals surface area contributed by atoms with Crippen molar-refractivity contribution in [1.82, 2.24) is 10.6 Å². The normalized spacial score (nSPS) is 20.3. The van der Waals surface area contributed by atoms with Gasteiger partial charge in [0, 0.05) is 6.42 Å². The van der Waals surface area contributed by atoms with Gasteiger partial charge in [-0.2, -0.15) is 0 Å². The van der Waals surface area contributed by atoms with Gasteiger partial charge in [0.15, 0.2) is 11.6 Å². The minimum Gasteiger partial charge on any atom is -0.350 e. The van der Waals surface area contributed by atoms with E-state index in [1.807, 2.05) is 0 Å². The first-order valence-electron chi connectivity index (χ1n) is 6.51. The van der Waals surface area contributed by atoms with Crippen LogP contribution in [0.15, 0.2) is 18.2 Å². The average Bonchev–Trinajstić information content (AvgIpc) is 2.85. The smallest absolute Gasteiger partial charge is 0.220 e. The second-order valence-electron chi connectivity index (χ2n) is 5.03. The summed E-state index contributed by atoms with van der Waals surface area (Å²) in [5.74, 6) is -1.44. The van der Waals surface area contributed by atoms with Crippen LogP contribution in [0.4, 0.5) is 8.78 Å². The van der Waals surface area contributed by atoms with Gasteiger partial charge in [-0.25, -0.2) is 8.78 Å². The van der Waals surface area contributed by atoms with Crippen molar-refractivity contribution in [2.75, 3.05) is 13.1 Å². The van der Waals surface area contributed by atoms with Crippen molar-refractivity contribution >= 4 is 5.91 Å². The van der Waals surface area contributed by atoms with Crippen LogP contribution in [0.25, 0.3) is 0 Å². The summed E-state index contributed by atoms with van der Waals surface area (Å²) in [5.41, 5.74) is 0.566. The zero-order valence-electron chi connectivity index (χ0n) is 10.9. The van der Waals surface area contributed by atoms with Crippen LogP contribution in [0.2, 0.25) is 0 Å². The number of amides is 1. The van der Waals surface area contributed by atoms with Crippen molar-refractivity contribution in [2.24, 2.45) is 5.92 Å². The standard InChI is InChI=1S/C14H18F2N2O/c1-9(11-2-3-12(15)13(16)7-11)18-14(19)6-10-4-5-17-8-10/h2-3,7,9-10,17H,4-6,8H2,1H3,(H,18,19). The largest absolute Gasteiger partial charge is 0.350 e. The molecule has 5 heteroatoms. The molecule has 1 heterocycles. The topological polar surface area (TPSA) is 41.1 Å². The number of rotatable bonds is 4. The molecule has 1 aromatic rings. The Balaban J connectivity index is 1.90. The van der Waals surface area contributed by atoms with Crippen molar-refractivity contribution in [1.29, 1.82) is 0 Å². The average molecular weight is 268 g/mol. The summed E-state index contributed by atoms with van der Waals surface area (Å²) in [7, 11) is 0. The molecule has 0 saturated carbocycles. The predicted octanol–water partition coefficient (Wildman–Crippen LogP) is 2.14. The Morgan fingerprint density at radius 2 is 2.26 bits per heavy atom. The van der Waals surface area contributed by atoms with E-state index in [9.17, 15) is 13.6 Å². The highest BCUT2D eigenvalue weighted by Gasteiger charge is 2.19. The molecular formula is C14H18F2N2O. The number of nitrogens with one attached hydrogen (secondary N) is 2. The van der Waals surface area contributed by atoms with Gasteiger partial charge >= 0.3 is 0 Å². The van der Waals surface area contributed by atoms with Crippen molar-refractivity contribution in [3.8, 4) is 0 Å². The first kappa shape index (κ1) is 13.9. The molecule has 1 aliphatic heterocycles. The van der Waals surface area contributed by atoms with E-state index in [-0.39, 0.29) is 11.9 Å². The van der Waals surface area contributed by atoms with Crippen LogP contribution in [0.3, 0.4) is 0 Å². The SMILES string of the molecule is CC(NC(=O)CC1CCNC1)c1ccc(F)c(F)c1. The Bertz CT molecular complexity index is 459. The van der Waals surface area contributed by atoms with Gasteiger partial charge in [0.05, 0.1) is 6.04 Å². The third-order valence-electron chi connectivity index (χ3n) is 3.46. The molecule has 104 valence electrons. The molecule has 0 aliphatic carbocycles.